The number of carbonyl (C=O) groups is 1. The molecule has 0 saturated heterocycles. The number of hydrogen-bond donors (Lipinski definition) is 0. The highest BCUT2D eigenvalue weighted by Crippen LogP contribution is 2.17. The van der Waals surface area contributed by atoms with Crippen molar-refractivity contribution in [2.45, 2.75) is 6.92 Å². The van der Waals surface area contributed by atoms with Crippen LogP contribution in [0.25, 0.3) is 0 Å². The van der Waals surface area contributed by atoms with Gasteiger partial charge in [-0.2, -0.15) is 0 Å². The predicted octanol–water partition coefficient (Wildman–Crippen LogP) is 2.12. The number of aryl methyl sites for hydroxylation is 1. The number of para-hydroxylation sites is 1. The lowest BCUT2D eigenvalue weighted by atomic mass is 10.3. The molecule has 0 unspecified atom stereocenters. The van der Waals surface area contributed by atoms with Gasteiger partial charge in [0.25, 0.3) is 5.91 Å². The van der Waals surface area contributed by atoms with Gasteiger partial charge in [0.05, 0.1) is 5.69 Å². The van der Waals surface area contributed by atoms with Crippen molar-refractivity contribution in [2.24, 2.45) is 0 Å². The van der Waals surface area contributed by atoms with Crippen molar-refractivity contribution in [3.05, 3.63) is 40.9 Å². The van der Waals surface area contributed by atoms with Crippen LogP contribution in [0, 0.1) is 6.92 Å². The van der Waals surface area contributed by atoms with Crippen LogP contribution in [-0.4, -0.2) is 22.5 Å². The molecule has 0 bridgehead atoms. The summed E-state index contributed by atoms with van der Waals surface area (Å²) < 4.78 is 3.76. The quantitative estimate of drug-likeness (QED) is 0.798. The molecule has 1 heterocycles. The molecule has 0 N–H and O–H groups in total. The summed E-state index contributed by atoms with van der Waals surface area (Å²) in [6.45, 7) is 1.79. The van der Waals surface area contributed by atoms with Gasteiger partial charge < -0.3 is 4.90 Å². The van der Waals surface area contributed by atoms with Crippen LogP contribution < -0.4 is 4.90 Å². The highest BCUT2D eigenvalue weighted by Gasteiger charge is 2.18. The van der Waals surface area contributed by atoms with Crippen molar-refractivity contribution in [3.8, 4) is 0 Å². The maximum absolute atomic E-state index is 12.1. The maximum atomic E-state index is 12.1. The Morgan fingerprint density at radius 2 is 2.00 bits per heavy atom. The Labute approximate surface area is 97.7 Å². The zero-order valence-corrected chi connectivity index (χ0v) is 9.86. The minimum atomic E-state index is -0.0706. The molecule has 0 radical (unpaired) electrons. The smallest absolute Gasteiger partial charge is 0.271 e. The number of hydrogen-bond acceptors (Lipinski definition) is 4. The third-order valence-electron chi connectivity index (χ3n) is 2.29. The first-order valence-corrected chi connectivity index (χ1v) is 5.59. The van der Waals surface area contributed by atoms with E-state index in [1.54, 1.807) is 18.9 Å². The summed E-state index contributed by atoms with van der Waals surface area (Å²) in [7, 11) is 1.75. The summed E-state index contributed by atoms with van der Waals surface area (Å²) in [6, 6.07) is 9.50. The molecular formula is C11H11N3OS. The first-order chi connectivity index (χ1) is 7.70. The minimum absolute atomic E-state index is 0.0706. The van der Waals surface area contributed by atoms with Crippen LogP contribution in [0.3, 0.4) is 0 Å². The van der Waals surface area contributed by atoms with Crippen LogP contribution in [-0.2, 0) is 0 Å². The first kappa shape index (κ1) is 10.8. The Hall–Kier alpha value is -1.75. The van der Waals surface area contributed by atoms with E-state index in [1.165, 1.54) is 0 Å². The van der Waals surface area contributed by atoms with E-state index in [0.717, 1.165) is 17.2 Å². The van der Waals surface area contributed by atoms with Gasteiger partial charge in [-0.1, -0.05) is 22.7 Å². The first-order valence-electron chi connectivity index (χ1n) is 4.82. The molecule has 0 aliphatic carbocycles. The van der Waals surface area contributed by atoms with E-state index < -0.39 is 0 Å². The van der Waals surface area contributed by atoms with Gasteiger partial charge in [-0.15, -0.1) is 5.10 Å². The molecule has 2 rings (SSSR count). The van der Waals surface area contributed by atoms with E-state index in [1.807, 2.05) is 30.3 Å². The van der Waals surface area contributed by atoms with Gasteiger partial charge in [-0.3, -0.25) is 4.79 Å². The Balaban J connectivity index is 2.27. The van der Waals surface area contributed by atoms with Crippen LogP contribution in [0.2, 0.25) is 0 Å². The van der Waals surface area contributed by atoms with Gasteiger partial charge in [0, 0.05) is 12.7 Å². The van der Waals surface area contributed by atoms with Gasteiger partial charge >= 0.3 is 0 Å². The van der Waals surface area contributed by atoms with E-state index in [-0.39, 0.29) is 5.91 Å². The lowest BCUT2D eigenvalue weighted by Crippen LogP contribution is -2.25. The molecular weight excluding hydrogens is 222 g/mol. The fraction of sp³-hybridized carbons (Fsp3) is 0.182. The van der Waals surface area contributed by atoms with Crippen LogP contribution >= 0.6 is 11.5 Å². The number of rotatable bonds is 2. The van der Waals surface area contributed by atoms with Crippen LogP contribution in [0.5, 0.6) is 0 Å². The molecule has 0 spiro atoms. The summed E-state index contributed by atoms with van der Waals surface area (Å²) in [5.74, 6) is -0.0706. The normalized spacial score (nSPS) is 10.1. The monoisotopic (exact) mass is 233 g/mol. The number of anilines is 1. The van der Waals surface area contributed by atoms with Crippen molar-refractivity contribution in [1.29, 1.82) is 0 Å². The zero-order chi connectivity index (χ0) is 11.5. The third-order valence-corrected chi connectivity index (χ3v) is 3.11. The summed E-state index contributed by atoms with van der Waals surface area (Å²) in [6.07, 6.45) is 0. The Morgan fingerprint density at radius 1 is 1.31 bits per heavy atom. The molecule has 1 amide bonds. The van der Waals surface area contributed by atoms with E-state index in [2.05, 4.69) is 9.59 Å². The fourth-order valence-corrected chi connectivity index (χ4v) is 1.98. The van der Waals surface area contributed by atoms with Crippen molar-refractivity contribution in [1.82, 2.24) is 9.59 Å². The van der Waals surface area contributed by atoms with Gasteiger partial charge in [-0.05, 0) is 30.6 Å². The average molecular weight is 233 g/mol. The molecule has 1 aromatic carbocycles. The summed E-state index contributed by atoms with van der Waals surface area (Å²) in [5, 5.41) is 3.83. The number of carbonyl (C=O) groups excluding carboxylic acids is 1. The number of benzene rings is 1. The van der Waals surface area contributed by atoms with Crippen molar-refractivity contribution in [3.63, 3.8) is 0 Å². The zero-order valence-electron chi connectivity index (χ0n) is 9.04. The van der Waals surface area contributed by atoms with E-state index >= 15 is 0 Å². The van der Waals surface area contributed by atoms with E-state index in [0.29, 0.717) is 10.6 Å². The van der Waals surface area contributed by atoms with Gasteiger partial charge in [0.15, 0.2) is 0 Å². The third kappa shape index (κ3) is 1.94. The van der Waals surface area contributed by atoms with Gasteiger partial charge in [-0.25, -0.2) is 0 Å². The van der Waals surface area contributed by atoms with Crippen LogP contribution in [0.1, 0.15) is 15.4 Å². The van der Waals surface area contributed by atoms with Crippen LogP contribution in [0.15, 0.2) is 30.3 Å². The molecule has 0 aliphatic rings. The van der Waals surface area contributed by atoms with Gasteiger partial charge in [0.2, 0.25) is 0 Å². The fourth-order valence-electron chi connectivity index (χ4n) is 1.35. The molecule has 4 nitrogen and oxygen atoms in total. The number of aromatic nitrogens is 2. The second-order valence-electron chi connectivity index (χ2n) is 3.39. The molecule has 1 aromatic heterocycles. The number of amides is 1. The number of nitrogens with zero attached hydrogens (tertiary/aromatic N) is 3. The van der Waals surface area contributed by atoms with E-state index in [4.69, 9.17) is 0 Å². The highest BCUT2D eigenvalue weighted by molar-refractivity contribution is 7.08. The molecule has 82 valence electrons. The standard InChI is InChI=1S/C11H11N3OS/c1-8-10(16-13-12-8)11(15)14(2)9-6-4-3-5-7-9/h3-7H,1-2H3. The molecule has 16 heavy (non-hydrogen) atoms. The Morgan fingerprint density at radius 3 is 2.56 bits per heavy atom. The van der Waals surface area contributed by atoms with E-state index in [9.17, 15) is 4.79 Å². The predicted molar refractivity (Wildman–Crippen MR) is 63.8 cm³/mol. The minimum Gasteiger partial charge on any atom is -0.311 e. The molecule has 0 atom stereocenters. The highest BCUT2D eigenvalue weighted by atomic mass is 32.1. The SMILES string of the molecule is Cc1nnsc1C(=O)N(C)c1ccccc1. The maximum Gasteiger partial charge on any atom is 0.271 e. The topological polar surface area (TPSA) is 46.1 Å². The lowest BCUT2D eigenvalue weighted by Gasteiger charge is -2.15. The summed E-state index contributed by atoms with van der Waals surface area (Å²) in [4.78, 5) is 14.3. The Kier molecular flexibility index (Phi) is 2.96. The summed E-state index contributed by atoms with van der Waals surface area (Å²) >= 11 is 1.13. The summed E-state index contributed by atoms with van der Waals surface area (Å²) in [5.41, 5.74) is 1.54. The van der Waals surface area contributed by atoms with Gasteiger partial charge in [0.1, 0.15) is 4.88 Å². The molecule has 0 saturated carbocycles. The Bertz CT molecular complexity index is 495. The van der Waals surface area contributed by atoms with Crippen molar-refractivity contribution in [2.75, 3.05) is 11.9 Å². The van der Waals surface area contributed by atoms with Crippen molar-refractivity contribution >= 4 is 23.1 Å². The molecule has 2 aromatic rings. The molecule has 0 aliphatic heterocycles. The molecule has 0 fully saturated rings. The molecule has 5 heteroatoms. The van der Waals surface area contributed by atoms with Crippen LogP contribution in [0.4, 0.5) is 5.69 Å². The second-order valence-corrected chi connectivity index (χ2v) is 4.14. The second kappa shape index (κ2) is 4.40. The lowest BCUT2D eigenvalue weighted by molar-refractivity contribution is 0.0996. The average Bonchev–Trinajstić information content (AvgIpc) is 2.75. The van der Waals surface area contributed by atoms with Crippen molar-refractivity contribution < 1.29 is 4.79 Å². The largest absolute Gasteiger partial charge is 0.311 e.